The standard InChI is InChI=1S/C20H22BrN3/c1-13(2)18-11-15-10-16(21)5-7-19(15)24-20(18)22-9-8-17-6-4-14(3)12-23-17/h4-7,10-13H,8-9H2,1-3H3,(H,22,24). The summed E-state index contributed by atoms with van der Waals surface area (Å²) in [6.45, 7) is 7.28. The molecule has 0 atom stereocenters. The Bertz CT molecular complexity index is 841. The molecule has 124 valence electrons. The summed E-state index contributed by atoms with van der Waals surface area (Å²) in [7, 11) is 0. The van der Waals surface area contributed by atoms with Gasteiger partial charge < -0.3 is 5.32 Å². The highest BCUT2D eigenvalue weighted by molar-refractivity contribution is 9.10. The molecule has 0 aliphatic heterocycles. The summed E-state index contributed by atoms with van der Waals surface area (Å²) in [5.74, 6) is 1.40. The first-order chi connectivity index (χ1) is 11.5. The number of nitrogens with one attached hydrogen (secondary N) is 1. The van der Waals surface area contributed by atoms with Crippen LogP contribution >= 0.6 is 15.9 Å². The second-order valence-electron chi connectivity index (χ2n) is 6.42. The zero-order valence-electron chi connectivity index (χ0n) is 14.3. The normalized spacial score (nSPS) is 11.2. The van der Waals surface area contributed by atoms with Gasteiger partial charge in [0, 0.05) is 34.7 Å². The third-order valence-electron chi connectivity index (χ3n) is 4.07. The van der Waals surface area contributed by atoms with Gasteiger partial charge in [0.25, 0.3) is 0 Å². The number of fused-ring (bicyclic) bond motifs is 1. The Hall–Kier alpha value is -1.94. The Morgan fingerprint density at radius 3 is 2.67 bits per heavy atom. The van der Waals surface area contributed by atoms with Crippen molar-refractivity contribution in [2.75, 3.05) is 11.9 Å². The van der Waals surface area contributed by atoms with Crippen LogP contribution in [0, 0.1) is 6.92 Å². The summed E-state index contributed by atoms with van der Waals surface area (Å²) in [4.78, 5) is 9.29. The predicted molar refractivity (Wildman–Crippen MR) is 105 cm³/mol. The molecule has 0 saturated carbocycles. The minimum absolute atomic E-state index is 0.417. The summed E-state index contributed by atoms with van der Waals surface area (Å²) in [5.41, 5.74) is 4.55. The van der Waals surface area contributed by atoms with Gasteiger partial charge in [-0.15, -0.1) is 0 Å². The lowest BCUT2D eigenvalue weighted by Gasteiger charge is -2.15. The van der Waals surface area contributed by atoms with E-state index in [1.165, 1.54) is 16.5 Å². The van der Waals surface area contributed by atoms with Crippen molar-refractivity contribution in [1.29, 1.82) is 0 Å². The molecule has 24 heavy (non-hydrogen) atoms. The van der Waals surface area contributed by atoms with Crippen molar-refractivity contribution in [3.63, 3.8) is 0 Å². The Balaban J connectivity index is 1.80. The van der Waals surface area contributed by atoms with Crippen molar-refractivity contribution in [3.8, 4) is 0 Å². The number of nitrogens with zero attached hydrogens (tertiary/aromatic N) is 2. The lowest BCUT2D eigenvalue weighted by Crippen LogP contribution is -2.10. The lowest BCUT2D eigenvalue weighted by atomic mass is 10.0. The average molecular weight is 384 g/mol. The minimum Gasteiger partial charge on any atom is -0.369 e. The highest BCUT2D eigenvalue weighted by Crippen LogP contribution is 2.28. The summed E-state index contributed by atoms with van der Waals surface area (Å²) >= 11 is 3.54. The zero-order chi connectivity index (χ0) is 17.1. The van der Waals surface area contributed by atoms with E-state index in [-0.39, 0.29) is 0 Å². The first-order valence-corrected chi connectivity index (χ1v) is 9.08. The number of rotatable bonds is 5. The van der Waals surface area contributed by atoms with Crippen LogP contribution in [-0.4, -0.2) is 16.5 Å². The van der Waals surface area contributed by atoms with Crippen LogP contribution in [0.4, 0.5) is 5.82 Å². The largest absolute Gasteiger partial charge is 0.369 e. The molecule has 3 rings (SSSR count). The van der Waals surface area contributed by atoms with Gasteiger partial charge in [-0.05, 0) is 54.3 Å². The molecule has 0 unspecified atom stereocenters. The summed E-state index contributed by atoms with van der Waals surface area (Å²) < 4.78 is 1.08. The van der Waals surface area contributed by atoms with Crippen LogP contribution in [0.5, 0.6) is 0 Å². The minimum atomic E-state index is 0.417. The summed E-state index contributed by atoms with van der Waals surface area (Å²) in [6.07, 6.45) is 2.80. The fraction of sp³-hybridized carbons (Fsp3) is 0.300. The van der Waals surface area contributed by atoms with E-state index in [0.717, 1.165) is 34.5 Å². The molecule has 0 aliphatic carbocycles. The number of pyridine rings is 2. The molecule has 4 heteroatoms. The molecule has 2 aromatic heterocycles. The lowest BCUT2D eigenvalue weighted by molar-refractivity contribution is 0.856. The molecule has 0 spiro atoms. The maximum Gasteiger partial charge on any atom is 0.130 e. The van der Waals surface area contributed by atoms with Gasteiger partial charge in [-0.3, -0.25) is 4.98 Å². The Labute approximate surface area is 151 Å². The molecule has 0 fully saturated rings. The molecule has 3 nitrogen and oxygen atoms in total. The number of halogens is 1. The topological polar surface area (TPSA) is 37.8 Å². The molecule has 0 saturated heterocycles. The van der Waals surface area contributed by atoms with Crippen molar-refractivity contribution >= 4 is 32.7 Å². The Morgan fingerprint density at radius 1 is 1.12 bits per heavy atom. The van der Waals surface area contributed by atoms with Crippen molar-refractivity contribution in [3.05, 3.63) is 63.9 Å². The molecule has 0 amide bonds. The maximum absolute atomic E-state index is 4.83. The fourth-order valence-corrected chi connectivity index (χ4v) is 3.08. The van der Waals surface area contributed by atoms with Crippen LogP contribution in [0.15, 0.2) is 47.1 Å². The van der Waals surface area contributed by atoms with Gasteiger partial charge in [-0.1, -0.05) is 35.8 Å². The van der Waals surface area contributed by atoms with Crippen molar-refractivity contribution in [2.45, 2.75) is 33.1 Å². The summed E-state index contributed by atoms with van der Waals surface area (Å²) in [6, 6.07) is 12.6. The number of aryl methyl sites for hydroxylation is 1. The number of hydrogen-bond donors (Lipinski definition) is 1. The third-order valence-corrected chi connectivity index (χ3v) is 4.57. The van der Waals surface area contributed by atoms with Crippen molar-refractivity contribution in [1.82, 2.24) is 9.97 Å². The quantitative estimate of drug-likeness (QED) is 0.633. The van der Waals surface area contributed by atoms with Gasteiger partial charge in [0.2, 0.25) is 0 Å². The third kappa shape index (κ3) is 3.93. The molecule has 2 heterocycles. The SMILES string of the molecule is Cc1ccc(CCNc2nc3ccc(Br)cc3cc2C(C)C)nc1. The molecule has 0 aliphatic rings. The van der Waals surface area contributed by atoms with E-state index >= 15 is 0 Å². The zero-order valence-corrected chi connectivity index (χ0v) is 15.9. The van der Waals surface area contributed by atoms with Crippen molar-refractivity contribution in [2.24, 2.45) is 0 Å². The maximum atomic E-state index is 4.83. The van der Waals surface area contributed by atoms with Gasteiger partial charge >= 0.3 is 0 Å². The van der Waals surface area contributed by atoms with Crippen LogP contribution in [0.3, 0.4) is 0 Å². The van der Waals surface area contributed by atoms with E-state index < -0.39 is 0 Å². The average Bonchev–Trinajstić information content (AvgIpc) is 2.56. The monoisotopic (exact) mass is 383 g/mol. The van der Waals surface area contributed by atoms with Gasteiger partial charge in [-0.2, -0.15) is 0 Å². The van der Waals surface area contributed by atoms with Crippen LogP contribution in [0.25, 0.3) is 10.9 Å². The van der Waals surface area contributed by atoms with Crippen LogP contribution in [0.1, 0.15) is 36.6 Å². The van der Waals surface area contributed by atoms with Gasteiger partial charge in [0.15, 0.2) is 0 Å². The molecular formula is C20H22BrN3. The van der Waals surface area contributed by atoms with Crippen LogP contribution in [0.2, 0.25) is 0 Å². The van der Waals surface area contributed by atoms with E-state index in [1.54, 1.807) is 0 Å². The van der Waals surface area contributed by atoms with Gasteiger partial charge in [0.05, 0.1) is 5.52 Å². The second kappa shape index (κ2) is 7.31. The fourth-order valence-electron chi connectivity index (χ4n) is 2.70. The number of hydrogen-bond acceptors (Lipinski definition) is 3. The first-order valence-electron chi connectivity index (χ1n) is 8.28. The number of anilines is 1. The van der Waals surface area contributed by atoms with Crippen LogP contribution in [-0.2, 0) is 6.42 Å². The van der Waals surface area contributed by atoms with E-state index in [9.17, 15) is 0 Å². The molecule has 0 bridgehead atoms. The van der Waals surface area contributed by atoms with Gasteiger partial charge in [-0.25, -0.2) is 4.98 Å². The second-order valence-corrected chi connectivity index (χ2v) is 7.34. The Kier molecular flexibility index (Phi) is 5.14. The van der Waals surface area contributed by atoms with Crippen molar-refractivity contribution < 1.29 is 0 Å². The predicted octanol–water partition coefficient (Wildman–Crippen LogP) is 5.48. The van der Waals surface area contributed by atoms with Crippen LogP contribution < -0.4 is 5.32 Å². The molecule has 1 aromatic carbocycles. The molecule has 1 N–H and O–H groups in total. The van der Waals surface area contributed by atoms with E-state index in [4.69, 9.17) is 4.98 Å². The number of benzene rings is 1. The molecule has 3 aromatic rings. The summed E-state index contributed by atoms with van der Waals surface area (Å²) in [5, 5.41) is 4.67. The van der Waals surface area contributed by atoms with E-state index in [0.29, 0.717) is 5.92 Å². The van der Waals surface area contributed by atoms with Gasteiger partial charge in [0.1, 0.15) is 5.82 Å². The van der Waals surface area contributed by atoms with E-state index in [2.05, 4.69) is 77.3 Å². The molecular weight excluding hydrogens is 362 g/mol. The molecule has 0 radical (unpaired) electrons. The first kappa shape index (κ1) is 16.9. The highest BCUT2D eigenvalue weighted by atomic mass is 79.9. The smallest absolute Gasteiger partial charge is 0.130 e. The highest BCUT2D eigenvalue weighted by Gasteiger charge is 2.10. The Morgan fingerprint density at radius 2 is 1.96 bits per heavy atom. The number of aromatic nitrogens is 2. The van der Waals surface area contributed by atoms with E-state index in [1.807, 2.05) is 12.3 Å².